The molecule has 1 N–H and O–H groups in total. The SMILES string of the molecule is COC(=O)c1cc(OCC(=O)NCc2ccccc2OC)c2cc(Cl)ccc2n1. The van der Waals surface area contributed by atoms with Gasteiger partial charge in [-0.15, -0.1) is 0 Å². The minimum atomic E-state index is -0.604. The average Bonchev–Trinajstić information content (AvgIpc) is 2.75. The second-order valence-electron chi connectivity index (χ2n) is 6.04. The molecule has 1 heterocycles. The number of halogens is 1. The molecule has 0 saturated heterocycles. The number of carbonyl (C=O) groups excluding carboxylic acids is 2. The van der Waals surface area contributed by atoms with Gasteiger partial charge in [-0.05, 0) is 24.3 Å². The molecule has 8 heteroatoms. The zero-order valence-corrected chi connectivity index (χ0v) is 16.7. The second-order valence-corrected chi connectivity index (χ2v) is 6.47. The third-order valence-corrected chi connectivity index (χ3v) is 4.39. The van der Waals surface area contributed by atoms with Gasteiger partial charge in [0.15, 0.2) is 12.3 Å². The predicted octanol–water partition coefficient (Wildman–Crippen LogP) is 3.38. The van der Waals surface area contributed by atoms with Gasteiger partial charge in [0.25, 0.3) is 5.91 Å². The highest BCUT2D eigenvalue weighted by Crippen LogP contribution is 2.28. The zero-order valence-electron chi connectivity index (χ0n) is 15.9. The summed E-state index contributed by atoms with van der Waals surface area (Å²) in [5.41, 5.74) is 1.42. The lowest BCUT2D eigenvalue weighted by atomic mass is 10.2. The van der Waals surface area contributed by atoms with E-state index in [1.54, 1.807) is 25.3 Å². The highest BCUT2D eigenvalue weighted by atomic mass is 35.5. The molecule has 7 nitrogen and oxygen atoms in total. The normalized spacial score (nSPS) is 10.4. The number of pyridine rings is 1. The first-order chi connectivity index (χ1) is 14.0. The highest BCUT2D eigenvalue weighted by Gasteiger charge is 2.15. The lowest BCUT2D eigenvalue weighted by molar-refractivity contribution is -0.123. The fourth-order valence-electron chi connectivity index (χ4n) is 2.73. The third kappa shape index (κ3) is 4.94. The summed E-state index contributed by atoms with van der Waals surface area (Å²) in [6.45, 7) is 0.0456. The van der Waals surface area contributed by atoms with E-state index < -0.39 is 5.97 Å². The summed E-state index contributed by atoms with van der Waals surface area (Å²) in [4.78, 5) is 28.4. The molecule has 2 aromatic carbocycles. The molecule has 0 unspecified atom stereocenters. The van der Waals surface area contributed by atoms with Crippen molar-refractivity contribution in [1.29, 1.82) is 0 Å². The van der Waals surface area contributed by atoms with Gasteiger partial charge in [0.1, 0.15) is 11.5 Å². The Bertz CT molecular complexity index is 1050. The minimum Gasteiger partial charge on any atom is -0.496 e. The Morgan fingerprint density at radius 2 is 1.86 bits per heavy atom. The van der Waals surface area contributed by atoms with Crippen LogP contribution >= 0.6 is 11.6 Å². The van der Waals surface area contributed by atoms with Gasteiger partial charge in [-0.1, -0.05) is 29.8 Å². The molecule has 1 aromatic heterocycles. The number of ether oxygens (including phenoxy) is 3. The average molecular weight is 415 g/mol. The molecular formula is C21H19ClN2O5. The van der Waals surface area contributed by atoms with Crippen molar-refractivity contribution in [2.75, 3.05) is 20.8 Å². The van der Waals surface area contributed by atoms with Crippen LogP contribution in [0, 0.1) is 0 Å². The Labute approximate surface area is 172 Å². The summed E-state index contributed by atoms with van der Waals surface area (Å²) in [5.74, 6) is 0.0615. The van der Waals surface area contributed by atoms with Crippen molar-refractivity contribution in [3.63, 3.8) is 0 Å². The number of rotatable bonds is 7. The molecule has 0 radical (unpaired) electrons. The molecule has 0 aliphatic rings. The summed E-state index contributed by atoms with van der Waals surface area (Å²) in [6.07, 6.45) is 0. The lowest BCUT2D eigenvalue weighted by Crippen LogP contribution is -2.28. The molecule has 3 aromatic rings. The van der Waals surface area contributed by atoms with Gasteiger partial charge in [-0.25, -0.2) is 9.78 Å². The Morgan fingerprint density at radius 1 is 1.07 bits per heavy atom. The number of benzene rings is 2. The van der Waals surface area contributed by atoms with Crippen molar-refractivity contribution < 1.29 is 23.8 Å². The Morgan fingerprint density at radius 3 is 2.62 bits per heavy atom. The standard InChI is InChI=1S/C21H19ClN2O5/c1-27-18-6-4-3-5-13(18)11-23-20(25)12-29-19-10-17(21(26)28-2)24-16-8-7-14(22)9-15(16)19/h3-10H,11-12H2,1-2H3,(H,23,25). The first-order valence-corrected chi connectivity index (χ1v) is 9.09. The summed E-state index contributed by atoms with van der Waals surface area (Å²) in [5, 5.41) is 3.84. The minimum absolute atomic E-state index is 0.0757. The van der Waals surface area contributed by atoms with E-state index >= 15 is 0 Å². The number of para-hydroxylation sites is 1. The smallest absolute Gasteiger partial charge is 0.356 e. The summed E-state index contributed by atoms with van der Waals surface area (Å²) in [7, 11) is 2.84. The topological polar surface area (TPSA) is 86.8 Å². The van der Waals surface area contributed by atoms with Crippen LogP contribution in [-0.2, 0) is 16.1 Å². The first-order valence-electron chi connectivity index (χ1n) is 8.72. The highest BCUT2D eigenvalue weighted by molar-refractivity contribution is 6.31. The molecule has 1 amide bonds. The number of aromatic nitrogens is 1. The van der Waals surface area contributed by atoms with Crippen LogP contribution < -0.4 is 14.8 Å². The van der Waals surface area contributed by atoms with Crippen LogP contribution in [0.1, 0.15) is 16.1 Å². The number of carbonyl (C=O) groups is 2. The maximum absolute atomic E-state index is 12.3. The van der Waals surface area contributed by atoms with Crippen LogP contribution in [-0.4, -0.2) is 37.7 Å². The van der Waals surface area contributed by atoms with Crippen LogP contribution in [0.15, 0.2) is 48.5 Å². The van der Waals surface area contributed by atoms with E-state index in [2.05, 4.69) is 10.3 Å². The van der Waals surface area contributed by atoms with E-state index in [0.717, 1.165) is 5.56 Å². The van der Waals surface area contributed by atoms with Crippen molar-refractivity contribution in [3.8, 4) is 11.5 Å². The van der Waals surface area contributed by atoms with Crippen molar-refractivity contribution in [3.05, 3.63) is 64.8 Å². The number of esters is 1. The number of hydrogen-bond donors (Lipinski definition) is 1. The molecule has 0 aliphatic carbocycles. The molecule has 0 aliphatic heterocycles. The van der Waals surface area contributed by atoms with Gasteiger partial charge in [0.2, 0.25) is 0 Å². The number of hydrogen-bond acceptors (Lipinski definition) is 6. The van der Waals surface area contributed by atoms with Crippen molar-refractivity contribution >= 4 is 34.4 Å². The van der Waals surface area contributed by atoms with Gasteiger partial charge in [0.05, 0.1) is 19.7 Å². The van der Waals surface area contributed by atoms with Crippen LogP contribution in [0.2, 0.25) is 5.02 Å². The van der Waals surface area contributed by atoms with Crippen LogP contribution in [0.3, 0.4) is 0 Å². The lowest BCUT2D eigenvalue weighted by Gasteiger charge is -2.12. The van der Waals surface area contributed by atoms with Gasteiger partial charge in [-0.3, -0.25) is 4.79 Å². The first kappa shape index (κ1) is 20.4. The second kappa shape index (κ2) is 9.25. The molecule has 0 saturated carbocycles. The molecule has 0 bridgehead atoms. The number of fused-ring (bicyclic) bond motifs is 1. The fraction of sp³-hybridized carbons (Fsp3) is 0.190. The summed E-state index contributed by atoms with van der Waals surface area (Å²) < 4.78 is 15.7. The molecular weight excluding hydrogens is 396 g/mol. The van der Waals surface area contributed by atoms with Gasteiger partial charge >= 0.3 is 5.97 Å². The van der Waals surface area contributed by atoms with Crippen LogP contribution in [0.25, 0.3) is 10.9 Å². The van der Waals surface area contributed by atoms with Crippen molar-refractivity contribution in [2.45, 2.75) is 6.54 Å². The molecule has 150 valence electrons. The van der Waals surface area contributed by atoms with E-state index in [1.165, 1.54) is 13.2 Å². The quantitative estimate of drug-likeness (QED) is 0.596. The maximum Gasteiger partial charge on any atom is 0.356 e. The van der Waals surface area contributed by atoms with E-state index in [0.29, 0.717) is 34.0 Å². The summed E-state index contributed by atoms with van der Waals surface area (Å²) in [6, 6.07) is 13.8. The van der Waals surface area contributed by atoms with E-state index in [-0.39, 0.29) is 18.2 Å². The Kier molecular flexibility index (Phi) is 6.51. The fourth-order valence-corrected chi connectivity index (χ4v) is 2.90. The van der Waals surface area contributed by atoms with Gasteiger partial charge in [0, 0.05) is 28.6 Å². The number of nitrogens with zero attached hydrogens (tertiary/aromatic N) is 1. The monoisotopic (exact) mass is 414 g/mol. The number of nitrogens with one attached hydrogen (secondary N) is 1. The number of amides is 1. The number of methoxy groups -OCH3 is 2. The van der Waals surface area contributed by atoms with E-state index in [4.69, 9.17) is 25.8 Å². The summed E-state index contributed by atoms with van der Waals surface area (Å²) >= 11 is 6.06. The largest absolute Gasteiger partial charge is 0.496 e. The molecule has 0 fully saturated rings. The van der Waals surface area contributed by atoms with Gasteiger partial charge in [-0.2, -0.15) is 0 Å². The maximum atomic E-state index is 12.3. The Balaban J connectivity index is 1.74. The van der Waals surface area contributed by atoms with Gasteiger partial charge < -0.3 is 19.5 Å². The predicted molar refractivity (Wildman–Crippen MR) is 108 cm³/mol. The molecule has 0 atom stereocenters. The molecule has 0 spiro atoms. The van der Waals surface area contributed by atoms with E-state index in [9.17, 15) is 9.59 Å². The van der Waals surface area contributed by atoms with Crippen molar-refractivity contribution in [2.24, 2.45) is 0 Å². The van der Waals surface area contributed by atoms with Crippen LogP contribution in [0.5, 0.6) is 11.5 Å². The van der Waals surface area contributed by atoms with Crippen molar-refractivity contribution in [1.82, 2.24) is 10.3 Å². The van der Waals surface area contributed by atoms with E-state index in [1.807, 2.05) is 24.3 Å². The molecule has 3 rings (SSSR count). The third-order valence-electron chi connectivity index (χ3n) is 4.15. The van der Waals surface area contributed by atoms with Crippen LogP contribution in [0.4, 0.5) is 0 Å². The zero-order chi connectivity index (χ0) is 20.8. The molecule has 29 heavy (non-hydrogen) atoms. The Hall–Kier alpha value is -3.32.